The maximum atomic E-state index is 13.9. The number of ether oxygens (including phenoxy) is 1. The van der Waals surface area contributed by atoms with E-state index in [0.717, 1.165) is 18.9 Å². The second-order valence-electron chi connectivity index (χ2n) is 12.0. The number of piperidine rings is 1. The van der Waals surface area contributed by atoms with E-state index in [1.165, 1.54) is 16.9 Å². The molecule has 2 fully saturated rings. The molecule has 1 saturated carbocycles. The summed E-state index contributed by atoms with van der Waals surface area (Å²) in [6.45, 7) is 5.33. The predicted octanol–water partition coefficient (Wildman–Crippen LogP) is 5.43. The maximum Gasteiger partial charge on any atom is 0.418 e. The SMILES string of the molecule is CC(C)(C)OC(=O)CC(CCN1CCCC(F)(F)C1)NC(=O)c1nc(-c2ncccc2C(F)(F)F)n(C2CCCC2)n1. The molecule has 1 saturated heterocycles. The summed E-state index contributed by atoms with van der Waals surface area (Å²) < 4.78 is 76.1. The third-order valence-electron chi connectivity index (χ3n) is 7.26. The average molecular weight is 601 g/mol. The third kappa shape index (κ3) is 8.45. The summed E-state index contributed by atoms with van der Waals surface area (Å²) in [6, 6.07) is 1.01. The first-order chi connectivity index (χ1) is 19.6. The molecular formula is C28H37F5N6O3. The molecule has 1 amide bonds. The van der Waals surface area contributed by atoms with Crippen LogP contribution >= 0.6 is 0 Å². The number of hydrogen-bond donors (Lipinski definition) is 1. The quantitative estimate of drug-likeness (QED) is 0.303. The lowest BCUT2D eigenvalue weighted by molar-refractivity contribution is -0.155. The Morgan fingerprint density at radius 1 is 1.17 bits per heavy atom. The number of amides is 1. The molecule has 1 N–H and O–H groups in total. The fourth-order valence-corrected chi connectivity index (χ4v) is 5.43. The van der Waals surface area contributed by atoms with E-state index in [4.69, 9.17) is 4.74 Å². The lowest BCUT2D eigenvalue weighted by Gasteiger charge is -2.33. The van der Waals surface area contributed by atoms with Crippen molar-refractivity contribution < 1.29 is 36.3 Å². The lowest BCUT2D eigenvalue weighted by Crippen LogP contribution is -2.45. The Morgan fingerprint density at radius 2 is 1.88 bits per heavy atom. The lowest BCUT2D eigenvalue weighted by atomic mass is 10.0. The monoisotopic (exact) mass is 600 g/mol. The highest BCUT2D eigenvalue weighted by molar-refractivity contribution is 5.91. The van der Waals surface area contributed by atoms with Gasteiger partial charge in [-0.1, -0.05) is 12.8 Å². The Kier molecular flexibility index (Phi) is 9.53. The molecule has 1 aliphatic carbocycles. The maximum absolute atomic E-state index is 13.9. The Labute approximate surface area is 241 Å². The van der Waals surface area contributed by atoms with Gasteiger partial charge >= 0.3 is 12.1 Å². The van der Waals surface area contributed by atoms with E-state index < -0.39 is 53.4 Å². The zero-order chi connectivity index (χ0) is 30.7. The molecule has 232 valence electrons. The topological polar surface area (TPSA) is 102 Å². The van der Waals surface area contributed by atoms with Crippen molar-refractivity contribution in [2.45, 2.75) is 102 Å². The molecule has 9 nitrogen and oxygen atoms in total. The first kappa shape index (κ1) is 31.8. The van der Waals surface area contributed by atoms with Crippen LogP contribution in [0.2, 0.25) is 0 Å². The normalized spacial score (nSPS) is 19.0. The van der Waals surface area contributed by atoms with Crippen molar-refractivity contribution in [2.75, 3.05) is 19.6 Å². The summed E-state index contributed by atoms with van der Waals surface area (Å²) in [6.07, 6.45) is -0.388. The first-order valence-electron chi connectivity index (χ1n) is 14.2. The van der Waals surface area contributed by atoms with Crippen LogP contribution in [0.25, 0.3) is 11.5 Å². The Balaban J connectivity index is 1.59. The third-order valence-corrected chi connectivity index (χ3v) is 7.26. The molecular weight excluding hydrogens is 563 g/mol. The molecule has 14 heteroatoms. The number of nitrogens with one attached hydrogen (secondary N) is 1. The highest BCUT2D eigenvalue weighted by Crippen LogP contribution is 2.38. The van der Waals surface area contributed by atoms with Crippen LogP contribution < -0.4 is 5.32 Å². The molecule has 1 unspecified atom stereocenters. The summed E-state index contributed by atoms with van der Waals surface area (Å²) >= 11 is 0. The van der Waals surface area contributed by atoms with Gasteiger partial charge in [0.25, 0.3) is 11.8 Å². The number of alkyl halides is 5. The van der Waals surface area contributed by atoms with E-state index in [2.05, 4.69) is 20.4 Å². The molecule has 2 aromatic heterocycles. The number of esters is 1. The van der Waals surface area contributed by atoms with Crippen LogP contribution in [0.3, 0.4) is 0 Å². The average Bonchev–Trinajstić information content (AvgIpc) is 3.55. The second-order valence-corrected chi connectivity index (χ2v) is 12.0. The molecule has 42 heavy (non-hydrogen) atoms. The van der Waals surface area contributed by atoms with E-state index in [1.54, 1.807) is 25.7 Å². The number of halogens is 5. The molecule has 4 rings (SSSR count). The zero-order valence-electron chi connectivity index (χ0n) is 24.0. The Hall–Kier alpha value is -3.16. The van der Waals surface area contributed by atoms with Crippen molar-refractivity contribution in [1.82, 2.24) is 30.0 Å². The van der Waals surface area contributed by atoms with Gasteiger partial charge in [0.1, 0.15) is 11.3 Å². The minimum absolute atomic E-state index is 0.162. The summed E-state index contributed by atoms with van der Waals surface area (Å²) in [4.78, 5) is 35.8. The smallest absolute Gasteiger partial charge is 0.418 e. The highest BCUT2D eigenvalue weighted by atomic mass is 19.4. The first-order valence-corrected chi connectivity index (χ1v) is 14.2. The molecule has 2 aromatic rings. The van der Waals surface area contributed by atoms with Gasteiger partial charge < -0.3 is 10.1 Å². The van der Waals surface area contributed by atoms with Crippen molar-refractivity contribution >= 4 is 11.9 Å². The van der Waals surface area contributed by atoms with Crippen LogP contribution in [0.4, 0.5) is 22.0 Å². The standard InChI is InChI=1S/C28H37F5N6O3/c1-26(2,3)42-21(40)16-18(11-15-38-14-7-12-27(29,30)17-38)35-25(41)23-36-24(39(37-23)19-8-4-5-9-19)22-20(28(31,32)33)10-6-13-34-22/h6,10,13,18-19H,4-5,7-9,11-12,14-17H2,1-3H3,(H,35,41). The summed E-state index contributed by atoms with van der Waals surface area (Å²) in [5.41, 5.74) is -2.21. The summed E-state index contributed by atoms with van der Waals surface area (Å²) in [7, 11) is 0. The van der Waals surface area contributed by atoms with Gasteiger partial charge in [-0.3, -0.25) is 19.5 Å². The van der Waals surface area contributed by atoms with Gasteiger partial charge in [-0.05, 0) is 65.1 Å². The molecule has 3 heterocycles. The van der Waals surface area contributed by atoms with Crippen molar-refractivity contribution in [3.63, 3.8) is 0 Å². The van der Waals surface area contributed by atoms with Crippen LogP contribution in [0.1, 0.15) is 94.4 Å². The summed E-state index contributed by atoms with van der Waals surface area (Å²) in [5.74, 6) is -4.73. The number of rotatable bonds is 9. The van der Waals surface area contributed by atoms with Gasteiger partial charge in [0.15, 0.2) is 5.82 Å². The van der Waals surface area contributed by atoms with E-state index in [-0.39, 0.29) is 43.5 Å². The Morgan fingerprint density at radius 3 is 2.52 bits per heavy atom. The Bertz CT molecular complexity index is 1250. The van der Waals surface area contributed by atoms with E-state index >= 15 is 0 Å². The molecule has 1 aliphatic heterocycles. The molecule has 0 spiro atoms. The van der Waals surface area contributed by atoms with Gasteiger partial charge in [-0.15, -0.1) is 5.10 Å². The van der Waals surface area contributed by atoms with Gasteiger partial charge in [-0.25, -0.2) is 18.4 Å². The number of carbonyl (C=O) groups is 2. The predicted molar refractivity (Wildman–Crippen MR) is 143 cm³/mol. The van der Waals surface area contributed by atoms with E-state index in [1.807, 2.05) is 0 Å². The molecule has 0 bridgehead atoms. The van der Waals surface area contributed by atoms with Gasteiger partial charge in [0.05, 0.1) is 24.6 Å². The largest absolute Gasteiger partial charge is 0.460 e. The van der Waals surface area contributed by atoms with Crippen molar-refractivity contribution in [3.05, 3.63) is 29.7 Å². The van der Waals surface area contributed by atoms with Gasteiger partial charge in [0, 0.05) is 25.2 Å². The number of likely N-dealkylation sites (tertiary alicyclic amines) is 1. The summed E-state index contributed by atoms with van der Waals surface area (Å²) in [5, 5.41) is 7.02. The van der Waals surface area contributed by atoms with Crippen LogP contribution in [0.5, 0.6) is 0 Å². The van der Waals surface area contributed by atoms with Gasteiger partial charge in [0.2, 0.25) is 5.82 Å². The number of aromatic nitrogens is 4. The molecule has 1 atom stereocenters. The molecule has 2 aliphatic rings. The fraction of sp³-hybridized carbons (Fsp3) is 0.679. The van der Waals surface area contributed by atoms with Crippen molar-refractivity contribution in [2.24, 2.45) is 0 Å². The molecule has 0 radical (unpaired) electrons. The highest BCUT2D eigenvalue weighted by Gasteiger charge is 2.38. The minimum Gasteiger partial charge on any atom is -0.460 e. The van der Waals surface area contributed by atoms with E-state index in [9.17, 15) is 31.5 Å². The number of nitrogens with zero attached hydrogens (tertiary/aromatic N) is 5. The van der Waals surface area contributed by atoms with Crippen LogP contribution in [0, 0.1) is 0 Å². The van der Waals surface area contributed by atoms with Crippen LogP contribution in [-0.4, -0.2) is 73.7 Å². The minimum atomic E-state index is -4.71. The number of hydrogen-bond acceptors (Lipinski definition) is 7. The van der Waals surface area contributed by atoms with E-state index in [0.29, 0.717) is 25.8 Å². The van der Waals surface area contributed by atoms with Crippen molar-refractivity contribution in [3.8, 4) is 11.5 Å². The zero-order valence-corrected chi connectivity index (χ0v) is 24.0. The second kappa shape index (κ2) is 12.6. The number of carbonyl (C=O) groups excluding carboxylic acids is 2. The fourth-order valence-electron chi connectivity index (χ4n) is 5.43. The van der Waals surface area contributed by atoms with Gasteiger partial charge in [-0.2, -0.15) is 13.2 Å². The molecule has 0 aromatic carbocycles. The number of pyridine rings is 1. The van der Waals surface area contributed by atoms with Crippen molar-refractivity contribution in [1.29, 1.82) is 0 Å². The van der Waals surface area contributed by atoms with Crippen LogP contribution in [0.15, 0.2) is 18.3 Å². The van der Waals surface area contributed by atoms with Crippen LogP contribution in [-0.2, 0) is 15.7 Å².